The molecule has 0 bridgehead atoms. The number of rotatable bonds is 5. The van der Waals surface area contributed by atoms with E-state index in [9.17, 15) is 8.78 Å². The molecule has 6 heteroatoms. The van der Waals surface area contributed by atoms with Gasteiger partial charge in [-0.3, -0.25) is 0 Å². The average molecular weight is 332 g/mol. The van der Waals surface area contributed by atoms with Crippen molar-refractivity contribution in [2.24, 2.45) is 0 Å². The number of benzene rings is 2. The van der Waals surface area contributed by atoms with Gasteiger partial charge in [0.05, 0.1) is 12.8 Å². The summed E-state index contributed by atoms with van der Waals surface area (Å²) in [5.41, 5.74) is 1.56. The standard InChI is InChI=1S/C17H14F2N2OS/c1-22-16-5-3-2-4-11(16)9-20-17-21-15(10-23-17)13-8-12(18)6-7-14(13)19/h2-8,10H,9H2,1H3,(H,20,21). The van der Waals surface area contributed by atoms with E-state index in [1.165, 1.54) is 11.3 Å². The summed E-state index contributed by atoms with van der Waals surface area (Å²) in [5.74, 6) is -0.195. The fourth-order valence-electron chi connectivity index (χ4n) is 2.19. The van der Waals surface area contributed by atoms with Crippen molar-refractivity contribution in [3.63, 3.8) is 0 Å². The van der Waals surface area contributed by atoms with Crippen LogP contribution in [0.2, 0.25) is 0 Å². The zero-order chi connectivity index (χ0) is 16.2. The molecule has 0 saturated carbocycles. The normalized spacial score (nSPS) is 10.6. The van der Waals surface area contributed by atoms with Gasteiger partial charge < -0.3 is 10.1 Å². The Morgan fingerprint density at radius 1 is 1.17 bits per heavy atom. The van der Waals surface area contributed by atoms with Crippen LogP contribution in [0, 0.1) is 11.6 Å². The first kappa shape index (κ1) is 15.4. The molecule has 2 aromatic carbocycles. The van der Waals surface area contributed by atoms with Crippen LogP contribution in [0.4, 0.5) is 13.9 Å². The van der Waals surface area contributed by atoms with Crippen molar-refractivity contribution >= 4 is 16.5 Å². The molecular formula is C17H14F2N2OS. The quantitative estimate of drug-likeness (QED) is 0.735. The van der Waals surface area contributed by atoms with E-state index in [1.807, 2.05) is 24.3 Å². The fraction of sp³-hybridized carbons (Fsp3) is 0.118. The Morgan fingerprint density at radius 3 is 2.83 bits per heavy atom. The number of anilines is 1. The summed E-state index contributed by atoms with van der Waals surface area (Å²) < 4.78 is 32.3. The summed E-state index contributed by atoms with van der Waals surface area (Å²) in [7, 11) is 1.62. The molecule has 23 heavy (non-hydrogen) atoms. The number of para-hydroxylation sites is 1. The third kappa shape index (κ3) is 3.48. The molecule has 0 spiro atoms. The van der Waals surface area contributed by atoms with E-state index < -0.39 is 11.6 Å². The van der Waals surface area contributed by atoms with Crippen molar-refractivity contribution in [3.05, 3.63) is 65.0 Å². The van der Waals surface area contributed by atoms with Crippen molar-refractivity contribution in [1.82, 2.24) is 4.98 Å². The number of thiazole rings is 1. The van der Waals surface area contributed by atoms with Gasteiger partial charge >= 0.3 is 0 Å². The maximum atomic E-state index is 13.8. The van der Waals surface area contributed by atoms with Crippen molar-refractivity contribution < 1.29 is 13.5 Å². The van der Waals surface area contributed by atoms with Crippen LogP contribution in [-0.2, 0) is 6.54 Å². The maximum absolute atomic E-state index is 13.8. The maximum Gasteiger partial charge on any atom is 0.183 e. The van der Waals surface area contributed by atoms with Gasteiger partial charge in [0.1, 0.15) is 17.4 Å². The van der Waals surface area contributed by atoms with Gasteiger partial charge in [-0.1, -0.05) is 18.2 Å². The van der Waals surface area contributed by atoms with Crippen LogP contribution < -0.4 is 10.1 Å². The Kier molecular flexibility index (Phi) is 4.52. The van der Waals surface area contributed by atoms with Crippen LogP contribution in [0.5, 0.6) is 5.75 Å². The lowest BCUT2D eigenvalue weighted by Crippen LogP contribution is -2.01. The highest BCUT2D eigenvalue weighted by Gasteiger charge is 2.11. The van der Waals surface area contributed by atoms with E-state index >= 15 is 0 Å². The number of ether oxygens (including phenoxy) is 1. The van der Waals surface area contributed by atoms with Crippen molar-refractivity contribution in [2.75, 3.05) is 12.4 Å². The highest BCUT2D eigenvalue weighted by Crippen LogP contribution is 2.28. The van der Waals surface area contributed by atoms with E-state index in [4.69, 9.17) is 4.74 Å². The molecule has 1 heterocycles. The minimum absolute atomic E-state index is 0.159. The van der Waals surface area contributed by atoms with Crippen molar-refractivity contribution in [1.29, 1.82) is 0 Å². The Labute approximate surface area is 136 Å². The molecule has 3 rings (SSSR count). The zero-order valence-corrected chi connectivity index (χ0v) is 13.2. The zero-order valence-electron chi connectivity index (χ0n) is 12.3. The SMILES string of the molecule is COc1ccccc1CNc1nc(-c2cc(F)ccc2F)cs1. The minimum Gasteiger partial charge on any atom is -0.496 e. The lowest BCUT2D eigenvalue weighted by atomic mass is 10.1. The number of halogens is 2. The summed E-state index contributed by atoms with van der Waals surface area (Å²) in [6.45, 7) is 0.530. The number of nitrogens with one attached hydrogen (secondary N) is 1. The van der Waals surface area contributed by atoms with E-state index in [-0.39, 0.29) is 5.56 Å². The Morgan fingerprint density at radius 2 is 2.00 bits per heavy atom. The van der Waals surface area contributed by atoms with Gasteiger partial charge in [0.25, 0.3) is 0 Å². The first-order chi connectivity index (χ1) is 11.2. The molecule has 0 radical (unpaired) electrons. The second-order valence-corrected chi connectivity index (χ2v) is 5.69. The van der Waals surface area contributed by atoms with Gasteiger partial charge in [0.15, 0.2) is 5.13 Å². The van der Waals surface area contributed by atoms with Crippen LogP contribution in [0.3, 0.4) is 0 Å². The topological polar surface area (TPSA) is 34.1 Å². The van der Waals surface area contributed by atoms with Gasteiger partial charge in [-0.25, -0.2) is 13.8 Å². The van der Waals surface area contributed by atoms with Gasteiger partial charge in [-0.2, -0.15) is 0 Å². The molecule has 0 atom stereocenters. The molecular weight excluding hydrogens is 318 g/mol. The van der Waals surface area contributed by atoms with Crippen molar-refractivity contribution in [3.8, 4) is 17.0 Å². The average Bonchev–Trinajstić information content (AvgIpc) is 3.04. The molecule has 0 aliphatic rings. The second kappa shape index (κ2) is 6.75. The molecule has 0 saturated heterocycles. The molecule has 3 nitrogen and oxygen atoms in total. The van der Waals surface area contributed by atoms with Crippen LogP contribution >= 0.6 is 11.3 Å². The highest BCUT2D eigenvalue weighted by molar-refractivity contribution is 7.14. The summed E-state index contributed by atoms with van der Waals surface area (Å²) in [6, 6.07) is 11.0. The summed E-state index contributed by atoms with van der Waals surface area (Å²) in [6.07, 6.45) is 0. The van der Waals surface area contributed by atoms with Gasteiger partial charge in [-0.05, 0) is 24.3 Å². The lowest BCUT2D eigenvalue weighted by Gasteiger charge is -2.08. The van der Waals surface area contributed by atoms with Crippen molar-refractivity contribution in [2.45, 2.75) is 6.54 Å². The summed E-state index contributed by atoms with van der Waals surface area (Å²) >= 11 is 1.34. The third-order valence-electron chi connectivity index (χ3n) is 3.33. The van der Waals surface area contributed by atoms with E-state index in [0.717, 1.165) is 29.5 Å². The predicted molar refractivity (Wildman–Crippen MR) is 87.8 cm³/mol. The molecule has 1 aromatic heterocycles. The molecule has 0 fully saturated rings. The van der Waals surface area contributed by atoms with Gasteiger partial charge in [0, 0.05) is 23.1 Å². The number of methoxy groups -OCH3 is 1. The van der Waals surface area contributed by atoms with E-state index in [2.05, 4.69) is 10.3 Å². The lowest BCUT2D eigenvalue weighted by molar-refractivity contribution is 0.410. The monoisotopic (exact) mass is 332 g/mol. The minimum atomic E-state index is -0.493. The molecule has 0 aliphatic carbocycles. The van der Waals surface area contributed by atoms with Crippen LogP contribution in [0.25, 0.3) is 11.3 Å². The van der Waals surface area contributed by atoms with Crippen LogP contribution in [0.15, 0.2) is 47.8 Å². The van der Waals surface area contributed by atoms with Gasteiger partial charge in [-0.15, -0.1) is 11.3 Å². The largest absolute Gasteiger partial charge is 0.496 e. The predicted octanol–water partition coefficient (Wildman–Crippen LogP) is 4.71. The first-order valence-electron chi connectivity index (χ1n) is 6.94. The van der Waals surface area contributed by atoms with E-state index in [0.29, 0.717) is 17.4 Å². The Hall–Kier alpha value is -2.47. The number of nitrogens with zero attached hydrogens (tertiary/aromatic N) is 1. The smallest absolute Gasteiger partial charge is 0.183 e. The molecule has 3 aromatic rings. The number of hydrogen-bond acceptors (Lipinski definition) is 4. The van der Waals surface area contributed by atoms with E-state index in [1.54, 1.807) is 12.5 Å². The Bertz CT molecular complexity index is 820. The molecule has 0 amide bonds. The highest BCUT2D eigenvalue weighted by atomic mass is 32.1. The van der Waals surface area contributed by atoms with Gasteiger partial charge in [0.2, 0.25) is 0 Å². The summed E-state index contributed by atoms with van der Waals surface area (Å²) in [5, 5.41) is 5.50. The number of aromatic nitrogens is 1. The second-order valence-electron chi connectivity index (χ2n) is 4.83. The van der Waals surface area contributed by atoms with Crippen LogP contribution in [-0.4, -0.2) is 12.1 Å². The molecule has 1 N–H and O–H groups in total. The summed E-state index contributed by atoms with van der Waals surface area (Å²) in [4.78, 5) is 4.31. The molecule has 0 unspecified atom stereocenters. The first-order valence-corrected chi connectivity index (χ1v) is 7.82. The Balaban J connectivity index is 1.76. The van der Waals surface area contributed by atoms with Crippen LogP contribution in [0.1, 0.15) is 5.56 Å². The third-order valence-corrected chi connectivity index (χ3v) is 4.13. The fourth-order valence-corrected chi connectivity index (χ4v) is 2.90. The molecule has 0 aliphatic heterocycles. The molecule has 118 valence electrons. The number of hydrogen-bond donors (Lipinski definition) is 1.